The van der Waals surface area contributed by atoms with Gasteiger partial charge >= 0.3 is 0 Å². The van der Waals surface area contributed by atoms with Crippen LogP contribution >= 0.6 is 0 Å². The maximum atomic E-state index is 12.8. The highest BCUT2D eigenvalue weighted by Gasteiger charge is 2.10. The lowest BCUT2D eigenvalue weighted by atomic mass is 10.1. The zero-order chi connectivity index (χ0) is 18.2. The number of rotatable bonds is 6. The number of nitrogens with one attached hydrogen (secondary N) is 1. The molecule has 0 aliphatic carbocycles. The molecule has 136 valence electrons. The summed E-state index contributed by atoms with van der Waals surface area (Å²) in [5, 5.41) is 2.85. The second-order valence-electron chi connectivity index (χ2n) is 6.31. The predicted octanol–water partition coefficient (Wildman–Crippen LogP) is 2.99. The van der Waals surface area contributed by atoms with E-state index in [1.54, 1.807) is 18.2 Å². The fourth-order valence-corrected chi connectivity index (χ4v) is 2.77. The Bertz CT molecular complexity index is 736. The zero-order valence-corrected chi connectivity index (χ0v) is 14.7. The van der Waals surface area contributed by atoms with Gasteiger partial charge in [-0.25, -0.2) is 4.39 Å². The lowest BCUT2D eigenvalue weighted by Gasteiger charge is -2.26. The molecule has 1 saturated heterocycles. The van der Waals surface area contributed by atoms with Crippen LogP contribution < -0.4 is 5.32 Å². The van der Waals surface area contributed by atoms with Crippen LogP contribution in [0.4, 0.5) is 4.39 Å². The topological polar surface area (TPSA) is 41.6 Å². The molecule has 0 aromatic heterocycles. The maximum Gasteiger partial charge on any atom is 0.244 e. The van der Waals surface area contributed by atoms with Gasteiger partial charge in [0.1, 0.15) is 5.82 Å². The molecule has 0 bridgehead atoms. The zero-order valence-electron chi connectivity index (χ0n) is 14.7. The molecule has 1 amide bonds. The quantitative estimate of drug-likeness (QED) is 0.811. The van der Waals surface area contributed by atoms with E-state index < -0.39 is 0 Å². The van der Waals surface area contributed by atoms with Crippen molar-refractivity contribution in [1.29, 1.82) is 0 Å². The van der Waals surface area contributed by atoms with Crippen molar-refractivity contribution in [2.75, 3.05) is 26.3 Å². The molecule has 1 fully saturated rings. The molecule has 1 heterocycles. The second kappa shape index (κ2) is 9.27. The first-order chi connectivity index (χ1) is 12.7. The van der Waals surface area contributed by atoms with Crippen LogP contribution in [0.2, 0.25) is 0 Å². The Kier molecular flexibility index (Phi) is 6.52. The van der Waals surface area contributed by atoms with E-state index in [-0.39, 0.29) is 11.7 Å². The van der Waals surface area contributed by atoms with Gasteiger partial charge in [0.2, 0.25) is 5.91 Å². The summed E-state index contributed by atoms with van der Waals surface area (Å²) in [6.45, 7) is 4.95. The standard InChI is InChI=1S/C21H23FN2O2/c22-20-8-5-17(6-9-20)7-10-21(25)23-15-18-1-3-19(4-2-18)16-24-11-13-26-14-12-24/h1-10H,11-16H2,(H,23,25)/b10-7+. The Morgan fingerprint density at radius 2 is 1.69 bits per heavy atom. The lowest BCUT2D eigenvalue weighted by Crippen LogP contribution is -2.35. The number of amides is 1. The van der Waals surface area contributed by atoms with Gasteiger partial charge in [0.05, 0.1) is 13.2 Å². The molecule has 4 nitrogen and oxygen atoms in total. The van der Waals surface area contributed by atoms with Gasteiger partial charge in [0.15, 0.2) is 0 Å². The highest BCUT2D eigenvalue weighted by molar-refractivity contribution is 5.91. The number of morpholine rings is 1. The molecule has 0 radical (unpaired) electrons. The minimum Gasteiger partial charge on any atom is -0.379 e. The van der Waals surface area contributed by atoms with Crippen molar-refractivity contribution in [2.24, 2.45) is 0 Å². The van der Waals surface area contributed by atoms with Gasteiger partial charge in [-0.15, -0.1) is 0 Å². The highest BCUT2D eigenvalue weighted by Crippen LogP contribution is 2.09. The number of nitrogens with zero attached hydrogens (tertiary/aromatic N) is 1. The van der Waals surface area contributed by atoms with Crippen LogP contribution in [0, 0.1) is 5.82 Å². The third kappa shape index (κ3) is 5.79. The summed E-state index contributed by atoms with van der Waals surface area (Å²) in [5.41, 5.74) is 3.10. The van der Waals surface area contributed by atoms with Gasteiger partial charge in [-0.3, -0.25) is 9.69 Å². The molecule has 26 heavy (non-hydrogen) atoms. The SMILES string of the molecule is O=C(/C=C/c1ccc(F)cc1)NCc1ccc(CN2CCOCC2)cc1. The van der Waals surface area contributed by atoms with E-state index in [0.29, 0.717) is 6.54 Å². The first-order valence-corrected chi connectivity index (χ1v) is 8.78. The molecular weight excluding hydrogens is 331 g/mol. The van der Waals surface area contributed by atoms with Gasteiger partial charge < -0.3 is 10.1 Å². The van der Waals surface area contributed by atoms with Crippen LogP contribution in [-0.2, 0) is 22.6 Å². The van der Waals surface area contributed by atoms with E-state index in [9.17, 15) is 9.18 Å². The molecule has 0 saturated carbocycles. The third-order valence-corrected chi connectivity index (χ3v) is 4.30. The lowest BCUT2D eigenvalue weighted by molar-refractivity contribution is -0.116. The predicted molar refractivity (Wildman–Crippen MR) is 99.8 cm³/mol. The van der Waals surface area contributed by atoms with Crippen LogP contribution in [0.1, 0.15) is 16.7 Å². The summed E-state index contributed by atoms with van der Waals surface area (Å²) in [6, 6.07) is 14.3. The normalized spacial score (nSPS) is 15.3. The number of carbonyl (C=O) groups is 1. The van der Waals surface area contributed by atoms with Crippen molar-refractivity contribution >= 4 is 12.0 Å². The number of ether oxygens (including phenoxy) is 1. The first kappa shape index (κ1) is 18.3. The number of hydrogen-bond acceptors (Lipinski definition) is 3. The van der Waals surface area contributed by atoms with Crippen molar-refractivity contribution in [3.05, 3.63) is 77.1 Å². The first-order valence-electron chi connectivity index (χ1n) is 8.78. The van der Waals surface area contributed by atoms with E-state index in [2.05, 4.69) is 22.3 Å². The highest BCUT2D eigenvalue weighted by atomic mass is 19.1. The van der Waals surface area contributed by atoms with E-state index in [1.807, 2.05) is 12.1 Å². The molecular formula is C21H23FN2O2. The van der Waals surface area contributed by atoms with Crippen molar-refractivity contribution in [1.82, 2.24) is 10.2 Å². The van der Waals surface area contributed by atoms with E-state index in [0.717, 1.165) is 44.0 Å². The summed E-state index contributed by atoms with van der Waals surface area (Å²) in [4.78, 5) is 14.3. The average Bonchev–Trinajstić information content (AvgIpc) is 2.68. The number of benzene rings is 2. The Balaban J connectivity index is 1.45. The molecule has 0 spiro atoms. The van der Waals surface area contributed by atoms with Gasteiger partial charge in [-0.05, 0) is 34.9 Å². The van der Waals surface area contributed by atoms with Crippen molar-refractivity contribution in [3.8, 4) is 0 Å². The average molecular weight is 354 g/mol. The molecule has 1 aliphatic heterocycles. The molecule has 1 N–H and O–H groups in total. The summed E-state index contributed by atoms with van der Waals surface area (Å²) in [5.74, 6) is -0.463. The second-order valence-corrected chi connectivity index (χ2v) is 6.31. The summed E-state index contributed by atoms with van der Waals surface area (Å²) in [7, 11) is 0. The number of halogens is 1. The maximum absolute atomic E-state index is 12.8. The van der Waals surface area contributed by atoms with Crippen molar-refractivity contribution in [2.45, 2.75) is 13.1 Å². The van der Waals surface area contributed by atoms with Crippen LogP contribution in [-0.4, -0.2) is 37.1 Å². The molecule has 3 rings (SSSR count). The Morgan fingerprint density at radius 3 is 2.38 bits per heavy atom. The van der Waals surface area contributed by atoms with E-state index in [1.165, 1.54) is 23.8 Å². The molecule has 2 aromatic rings. The van der Waals surface area contributed by atoms with Gasteiger partial charge in [-0.1, -0.05) is 36.4 Å². The Labute approximate surface area is 153 Å². The van der Waals surface area contributed by atoms with Crippen LogP contribution in [0.25, 0.3) is 6.08 Å². The van der Waals surface area contributed by atoms with Crippen molar-refractivity contribution in [3.63, 3.8) is 0 Å². The van der Waals surface area contributed by atoms with Gasteiger partial charge in [-0.2, -0.15) is 0 Å². The van der Waals surface area contributed by atoms with Crippen LogP contribution in [0.3, 0.4) is 0 Å². The molecule has 5 heteroatoms. The minimum atomic E-state index is -0.288. The molecule has 1 aliphatic rings. The van der Waals surface area contributed by atoms with E-state index in [4.69, 9.17) is 4.74 Å². The summed E-state index contributed by atoms with van der Waals surface area (Å²) >= 11 is 0. The Hall–Kier alpha value is -2.50. The fourth-order valence-electron chi connectivity index (χ4n) is 2.77. The number of hydrogen-bond donors (Lipinski definition) is 1. The van der Waals surface area contributed by atoms with Gasteiger partial charge in [0, 0.05) is 32.3 Å². The molecule has 0 unspecified atom stereocenters. The van der Waals surface area contributed by atoms with E-state index >= 15 is 0 Å². The number of carbonyl (C=O) groups excluding carboxylic acids is 1. The molecule has 2 aromatic carbocycles. The smallest absolute Gasteiger partial charge is 0.244 e. The minimum absolute atomic E-state index is 0.174. The van der Waals surface area contributed by atoms with Crippen molar-refractivity contribution < 1.29 is 13.9 Å². The third-order valence-electron chi connectivity index (χ3n) is 4.30. The van der Waals surface area contributed by atoms with Gasteiger partial charge in [0.25, 0.3) is 0 Å². The largest absolute Gasteiger partial charge is 0.379 e. The monoisotopic (exact) mass is 354 g/mol. The Morgan fingerprint density at radius 1 is 1.04 bits per heavy atom. The molecule has 0 atom stereocenters. The summed E-state index contributed by atoms with van der Waals surface area (Å²) < 4.78 is 18.2. The van der Waals surface area contributed by atoms with Crippen LogP contribution in [0.5, 0.6) is 0 Å². The van der Waals surface area contributed by atoms with Crippen LogP contribution in [0.15, 0.2) is 54.6 Å². The summed E-state index contributed by atoms with van der Waals surface area (Å²) in [6.07, 6.45) is 3.13. The fraction of sp³-hybridized carbons (Fsp3) is 0.286.